The van der Waals surface area contributed by atoms with E-state index >= 15 is 0 Å². The van der Waals surface area contributed by atoms with Crippen LogP contribution in [-0.2, 0) is 11.3 Å². The number of carbonyl (C=O) groups is 1. The number of nitrogens with one attached hydrogen (secondary N) is 1. The molecule has 1 aromatic heterocycles. The first-order valence-electron chi connectivity index (χ1n) is 8.11. The number of nitrogens with zero attached hydrogens (tertiary/aromatic N) is 3. The van der Waals surface area contributed by atoms with E-state index in [1.54, 1.807) is 13.4 Å². The maximum Gasteiger partial charge on any atom is 0.252 e. The molecule has 130 valence electrons. The lowest BCUT2D eigenvalue weighted by molar-refractivity contribution is 0.0935. The van der Waals surface area contributed by atoms with Crippen LogP contribution < -0.4 is 5.32 Å². The summed E-state index contributed by atoms with van der Waals surface area (Å²) in [4.78, 5) is 12.8. The van der Waals surface area contributed by atoms with Crippen LogP contribution in [0.15, 0.2) is 12.4 Å². The third kappa shape index (κ3) is 3.64. The Balaban J connectivity index is 2.23. The Morgan fingerprint density at radius 1 is 1.25 bits per heavy atom. The Kier molecular flexibility index (Phi) is 5.72. The molecule has 6 heteroatoms. The van der Waals surface area contributed by atoms with E-state index in [4.69, 9.17) is 4.74 Å². The molecule has 0 aliphatic carbocycles. The second kappa shape index (κ2) is 7.57. The molecule has 1 heterocycles. The number of methoxy groups -OCH3 is 1. The second-order valence-corrected chi connectivity index (χ2v) is 6.21. The largest absolute Gasteiger partial charge is 0.383 e. The van der Waals surface area contributed by atoms with E-state index < -0.39 is 0 Å². The molecule has 0 aliphatic heterocycles. The van der Waals surface area contributed by atoms with Crippen molar-refractivity contribution in [2.45, 2.75) is 47.2 Å². The summed E-state index contributed by atoms with van der Waals surface area (Å²) in [6.07, 6.45) is 1.66. The summed E-state index contributed by atoms with van der Waals surface area (Å²) in [5.74, 6) is 0.644. The molecule has 1 atom stereocenters. The summed E-state index contributed by atoms with van der Waals surface area (Å²) in [6, 6.07) is 1.88. The van der Waals surface area contributed by atoms with Crippen molar-refractivity contribution < 1.29 is 9.53 Å². The molecule has 2 rings (SSSR count). The van der Waals surface area contributed by atoms with Crippen molar-refractivity contribution >= 4 is 5.91 Å². The van der Waals surface area contributed by atoms with Crippen LogP contribution in [0.2, 0.25) is 0 Å². The SMILES string of the molecule is COCCn1cnnc1C(C)NC(=O)c1c(C)c(C)cc(C)c1C. The summed E-state index contributed by atoms with van der Waals surface area (Å²) < 4.78 is 6.99. The fourth-order valence-corrected chi connectivity index (χ4v) is 2.85. The maximum absolute atomic E-state index is 12.8. The minimum absolute atomic E-state index is 0.0782. The molecule has 2 aromatic rings. The van der Waals surface area contributed by atoms with E-state index in [0.29, 0.717) is 13.2 Å². The summed E-state index contributed by atoms with van der Waals surface area (Å²) in [6.45, 7) is 11.2. The van der Waals surface area contributed by atoms with Gasteiger partial charge >= 0.3 is 0 Å². The molecule has 0 aliphatic rings. The van der Waals surface area contributed by atoms with Crippen LogP contribution in [-0.4, -0.2) is 34.4 Å². The minimum atomic E-state index is -0.239. The van der Waals surface area contributed by atoms with Gasteiger partial charge in [-0.05, 0) is 56.9 Å². The summed E-state index contributed by atoms with van der Waals surface area (Å²) in [5.41, 5.74) is 5.04. The van der Waals surface area contributed by atoms with E-state index in [1.165, 1.54) is 0 Å². The van der Waals surface area contributed by atoms with E-state index in [9.17, 15) is 4.79 Å². The van der Waals surface area contributed by atoms with Crippen LogP contribution in [0.3, 0.4) is 0 Å². The lowest BCUT2D eigenvalue weighted by atomic mass is 9.93. The molecule has 0 fully saturated rings. The molecular weight excluding hydrogens is 304 g/mol. The van der Waals surface area contributed by atoms with E-state index in [0.717, 1.165) is 33.6 Å². The monoisotopic (exact) mass is 330 g/mol. The van der Waals surface area contributed by atoms with E-state index in [-0.39, 0.29) is 11.9 Å². The van der Waals surface area contributed by atoms with Gasteiger partial charge in [0.25, 0.3) is 5.91 Å². The summed E-state index contributed by atoms with van der Waals surface area (Å²) in [5, 5.41) is 11.1. The van der Waals surface area contributed by atoms with Crippen LogP contribution >= 0.6 is 0 Å². The predicted molar refractivity (Wildman–Crippen MR) is 93.2 cm³/mol. The molecule has 6 nitrogen and oxygen atoms in total. The topological polar surface area (TPSA) is 69.0 Å². The van der Waals surface area contributed by atoms with Crippen LogP contribution in [0.1, 0.15) is 51.4 Å². The van der Waals surface area contributed by atoms with Gasteiger partial charge in [0.2, 0.25) is 0 Å². The first-order chi connectivity index (χ1) is 11.4. The van der Waals surface area contributed by atoms with Gasteiger partial charge in [0.05, 0.1) is 12.6 Å². The fraction of sp³-hybridized carbons (Fsp3) is 0.500. The van der Waals surface area contributed by atoms with Crippen molar-refractivity contribution in [2.75, 3.05) is 13.7 Å². The zero-order chi connectivity index (χ0) is 17.9. The molecule has 0 bridgehead atoms. The number of rotatable bonds is 6. The van der Waals surface area contributed by atoms with Gasteiger partial charge in [-0.3, -0.25) is 4.79 Å². The smallest absolute Gasteiger partial charge is 0.252 e. The molecule has 1 unspecified atom stereocenters. The minimum Gasteiger partial charge on any atom is -0.383 e. The van der Waals surface area contributed by atoms with E-state index in [1.807, 2.05) is 39.2 Å². The average molecular weight is 330 g/mol. The standard InChI is InChI=1S/C18H26N4O2/c1-11-9-12(2)14(4)16(13(11)3)18(23)20-15(5)17-21-19-10-22(17)7-8-24-6/h9-10,15H,7-8H2,1-6H3,(H,20,23). The van der Waals surface area contributed by atoms with Crippen LogP contribution in [0.5, 0.6) is 0 Å². The third-order valence-corrected chi connectivity index (χ3v) is 4.51. The average Bonchev–Trinajstić information content (AvgIpc) is 2.99. The molecule has 0 radical (unpaired) electrons. The van der Waals surface area contributed by atoms with Gasteiger partial charge < -0.3 is 14.6 Å². The molecule has 1 amide bonds. The Labute approximate surface area is 143 Å². The van der Waals surface area contributed by atoms with Crippen LogP contribution in [0.25, 0.3) is 0 Å². The van der Waals surface area contributed by atoms with Gasteiger partial charge in [-0.1, -0.05) is 6.07 Å². The quantitative estimate of drug-likeness (QED) is 0.884. The second-order valence-electron chi connectivity index (χ2n) is 6.21. The summed E-state index contributed by atoms with van der Waals surface area (Å²) in [7, 11) is 1.65. The lowest BCUT2D eigenvalue weighted by Gasteiger charge is -2.18. The maximum atomic E-state index is 12.8. The number of carbonyl (C=O) groups excluding carboxylic acids is 1. The first-order valence-corrected chi connectivity index (χ1v) is 8.11. The highest BCUT2D eigenvalue weighted by Gasteiger charge is 2.20. The zero-order valence-corrected chi connectivity index (χ0v) is 15.3. The van der Waals surface area contributed by atoms with Gasteiger partial charge in [0, 0.05) is 19.2 Å². The zero-order valence-electron chi connectivity index (χ0n) is 15.3. The van der Waals surface area contributed by atoms with Gasteiger partial charge in [-0.25, -0.2) is 0 Å². The third-order valence-electron chi connectivity index (χ3n) is 4.51. The normalized spacial score (nSPS) is 12.2. The molecule has 1 aromatic carbocycles. The molecule has 24 heavy (non-hydrogen) atoms. The molecule has 0 saturated carbocycles. The van der Waals surface area contributed by atoms with Crippen molar-refractivity contribution in [1.29, 1.82) is 0 Å². The number of amides is 1. The Morgan fingerprint density at radius 3 is 2.46 bits per heavy atom. The van der Waals surface area contributed by atoms with Gasteiger partial charge in [-0.15, -0.1) is 10.2 Å². The Bertz CT molecular complexity index is 711. The van der Waals surface area contributed by atoms with Gasteiger partial charge in [0.15, 0.2) is 5.82 Å². The highest BCUT2D eigenvalue weighted by molar-refractivity contribution is 5.98. The number of ether oxygens (including phenoxy) is 1. The van der Waals surface area contributed by atoms with Crippen molar-refractivity contribution in [3.63, 3.8) is 0 Å². The van der Waals surface area contributed by atoms with Crippen LogP contribution in [0.4, 0.5) is 0 Å². The van der Waals surface area contributed by atoms with Crippen LogP contribution in [0, 0.1) is 27.7 Å². The molecule has 0 spiro atoms. The number of hydrogen-bond donors (Lipinski definition) is 1. The molecule has 1 N–H and O–H groups in total. The Morgan fingerprint density at radius 2 is 1.88 bits per heavy atom. The van der Waals surface area contributed by atoms with Crippen molar-refractivity contribution in [3.05, 3.63) is 46.0 Å². The predicted octanol–water partition coefficient (Wildman–Crippen LogP) is 2.65. The molecular formula is C18H26N4O2. The van der Waals surface area contributed by atoms with Crippen molar-refractivity contribution in [3.8, 4) is 0 Å². The lowest BCUT2D eigenvalue weighted by Crippen LogP contribution is -2.30. The first kappa shape index (κ1) is 18.1. The fourth-order valence-electron chi connectivity index (χ4n) is 2.85. The highest BCUT2D eigenvalue weighted by Crippen LogP contribution is 2.22. The molecule has 0 saturated heterocycles. The number of aryl methyl sites for hydroxylation is 2. The highest BCUT2D eigenvalue weighted by atomic mass is 16.5. The van der Waals surface area contributed by atoms with Crippen molar-refractivity contribution in [2.24, 2.45) is 0 Å². The number of hydrogen-bond acceptors (Lipinski definition) is 4. The number of aromatic nitrogens is 3. The van der Waals surface area contributed by atoms with Gasteiger partial charge in [0.1, 0.15) is 6.33 Å². The van der Waals surface area contributed by atoms with E-state index in [2.05, 4.69) is 21.6 Å². The van der Waals surface area contributed by atoms with Crippen molar-refractivity contribution in [1.82, 2.24) is 20.1 Å². The summed E-state index contributed by atoms with van der Waals surface area (Å²) >= 11 is 0. The Hall–Kier alpha value is -2.21. The van der Waals surface area contributed by atoms with Gasteiger partial charge in [-0.2, -0.15) is 0 Å². The number of benzene rings is 1.